The fourth-order valence-electron chi connectivity index (χ4n) is 1.82. The van der Waals surface area contributed by atoms with Crippen LogP contribution in [0.15, 0.2) is 24.4 Å². The Balaban J connectivity index is 2.07. The van der Waals surface area contributed by atoms with Gasteiger partial charge < -0.3 is 9.47 Å². The summed E-state index contributed by atoms with van der Waals surface area (Å²) in [6, 6.07) is 5.01. The van der Waals surface area contributed by atoms with E-state index in [9.17, 15) is 4.79 Å². The average molecular weight is 372 g/mol. The summed E-state index contributed by atoms with van der Waals surface area (Å²) in [4.78, 5) is 15.9. The summed E-state index contributed by atoms with van der Waals surface area (Å²) in [6.07, 6.45) is 8.46. The highest BCUT2D eigenvalue weighted by atomic mass is 35.5. The van der Waals surface area contributed by atoms with Gasteiger partial charge in [-0.3, -0.25) is 0 Å². The van der Waals surface area contributed by atoms with Crippen LogP contribution < -0.4 is 4.74 Å². The highest BCUT2D eigenvalue weighted by molar-refractivity contribution is 8.32. The molecule has 132 valence electrons. The molecule has 0 aliphatic carbocycles. The molecular formula is C16H22ClN3O3S. The third-order valence-electron chi connectivity index (χ3n) is 3.07. The van der Waals surface area contributed by atoms with Gasteiger partial charge in [0.25, 0.3) is 0 Å². The largest absolute Gasteiger partial charge is 0.476 e. The van der Waals surface area contributed by atoms with Crippen molar-refractivity contribution in [2.75, 3.05) is 37.7 Å². The molecule has 2 aromatic rings. The molecule has 0 atom stereocenters. The molecule has 0 saturated carbocycles. The molecule has 0 N–H and O–H groups in total. The van der Waals surface area contributed by atoms with Crippen molar-refractivity contribution in [1.82, 2.24) is 14.8 Å². The number of rotatable bonds is 7. The fraction of sp³-hybridized carbons (Fsp3) is 0.438. The topological polar surface area (TPSA) is 66.2 Å². The lowest BCUT2D eigenvalue weighted by molar-refractivity contribution is 0.0526. The highest BCUT2D eigenvalue weighted by Crippen LogP contribution is 2.33. The number of ether oxygens (including phenoxy) is 2. The van der Waals surface area contributed by atoms with Gasteiger partial charge >= 0.3 is 5.97 Å². The van der Waals surface area contributed by atoms with Crippen molar-refractivity contribution in [2.24, 2.45) is 0 Å². The molecule has 6 nitrogen and oxygen atoms in total. The van der Waals surface area contributed by atoms with Crippen LogP contribution in [-0.4, -0.2) is 58.5 Å². The van der Waals surface area contributed by atoms with Crippen LogP contribution in [0, 0.1) is 0 Å². The minimum atomic E-state index is -0.596. The Labute approximate surface area is 148 Å². The molecule has 2 rings (SSSR count). The van der Waals surface area contributed by atoms with Gasteiger partial charge in [-0.05, 0) is 37.8 Å². The molecule has 0 unspecified atom stereocenters. The molecule has 0 bridgehead atoms. The number of pyridine rings is 1. The first-order chi connectivity index (χ1) is 11.3. The van der Waals surface area contributed by atoms with Crippen molar-refractivity contribution in [3.8, 4) is 11.7 Å². The third-order valence-corrected chi connectivity index (χ3v) is 4.75. The van der Waals surface area contributed by atoms with Crippen molar-refractivity contribution >= 4 is 27.6 Å². The summed E-state index contributed by atoms with van der Waals surface area (Å²) < 4.78 is 12.1. The summed E-state index contributed by atoms with van der Waals surface area (Å²) in [7, 11) is -0.596. The SMILES string of the molecule is CCOC(=O)c1ccc(-n2ccc(OCCS(C)(C)C)n2)nc1Cl. The van der Waals surface area contributed by atoms with Crippen LogP contribution in [-0.2, 0) is 4.74 Å². The van der Waals surface area contributed by atoms with Crippen LogP contribution in [0.5, 0.6) is 5.88 Å². The maximum Gasteiger partial charge on any atom is 0.341 e. The van der Waals surface area contributed by atoms with E-state index in [0.717, 1.165) is 5.75 Å². The number of hydrogen-bond acceptors (Lipinski definition) is 5. The second kappa shape index (κ2) is 7.90. The second-order valence-corrected chi connectivity index (χ2v) is 10.9. The van der Waals surface area contributed by atoms with E-state index in [1.165, 1.54) is 0 Å². The summed E-state index contributed by atoms with van der Waals surface area (Å²) in [5, 5.41) is 4.40. The first-order valence-electron chi connectivity index (χ1n) is 7.48. The minimum Gasteiger partial charge on any atom is -0.476 e. The lowest BCUT2D eigenvalue weighted by Crippen LogP contribution is -2.10. The van der Waals surface area contributed by atoms with E-state index in [-0.39, 0.29) is 17.3 Å². The highest BCUT2D eigenvalue weighted by Gasteiger charge is 2.14. The molecule has 0 radical (unpaired) electrons. The van der Waals surface area contributed by atoms with Crippen LogP contribution in [0.3, 0.4) is 0 Å². The summed E-state index contributed by atoms with van der Waals surface area (Å²) in [5.41, 5.74) is 0.235. The van der Waals surface area contributed by atoms with Crippen LogP contribution in [0.4, 0.5) is 0 Å². The zero-order chi connectivity index (χ0) is 17.7. The fourth-order valence-corrected chi connectivity index (χ4v) is 2.63. The molecule has 0 fully saturated rings. The van der Waals surface area contributed by atoms with Crippen molar-refractivity contribution in [3.63, 3.8) is 0 Å². The van der Waals surface area contributed by atoms with E-state index in [1.54, 1.807) is 36.0 Å². The van der Waals surface area contributed by atoms with E-state index in [2.05, 4.69) is 28.8 Å². The summed E-state index contributed by atoms with van der Waals surface area (Å²) in [5.74, 6) is 1.56. The lowest BCUT2D eigenvalue weighted by atomic mass is 10.3. The van der Waals surface area contributed by atoms with Crippen LogP contribution in [0.25, 0.3) is 5.82 Å². The Morgan fingerprint density at radius 1 is 1.29 bits per heavy atom. The van der Waals surface area contributed by atoms with Crippen molar-refractivity contribution in [3.05, 3.63) is 35.1 Å². The van der Waals surface area contributed by atoms with Gasteiger partial charge in [0.1, 0.15) is 5.15 Å². The molecule has 2 heterocycles. The Morgan fingerprint density at radius 2 is 2.04 bits per heavy atom. The number of carbonyl (C=O) groups is 1. The van der Waals surface area contributed by atoms with Gasteiger partial charge in [-0.1, -0.05) is 11.6 Å². The predicted molar refractivity (Wildman–Crippen MR) is 98.1 cm³/mol. The normalized spacial score (nSPS) is 12.0. The number of esters is 1. The number of nitrogens with zero attached hydrogens (tertiary/aromatic N) is 3. The molecule has 0 spiro atoms. The monoisotopic (exact) mass is 371 g/mol. The number of carbonyl (C=O) groups excluding carboxylic acids is 1. The second-order valence-electron chi connectivity index (χ2n) is 5.97. The van der Waals surface area contributed by atoms with Crippen molar-refractivity contribution in [2.45, 2.75) is 6.92 Å². The van der Waals surface area contributed by atoms with Gasteiger partial charge in [0.15, 0.2) is 5.82 Å². The van der Waals surface area contributed by atoms with Crippen LogP contribution in [0.1, 0.15) is 17.3 Å². The average Bonchev–Trinajstić information content (AvgIpc) is 2.94. The maximum absolute atomic E-state index is 11.7. The van der Waals surface area contributed by atoms with Crippen LogP contribution in [0.2, 0.25) is 5.15 Å². The van der Waals surface area contributed by atoms with E-state index >= 15 is 0 Å². The van der Waals surface area contributed by atoms with Gasteiger partial charge in [-0.25, -0.2) is 24.5 Å². The Hall–Kier alpha value is -1.73. The van der Waals surface area contributed by atoms with Gasteiger partial charge in [-0.15, -0.1) is 5.10 Å². The van der Waals surface area contributed by atoms with E-state index < -0.39 is 16.0 Å². The quantitative estimate of drug-likeness (QED) is 0.552. The van der Waals surface area contributed by atoms with E-state index in [1.807, 2.05) is 0 Å². The number of hydrogen-bond donors (Lipinski definition) is 0. The zero-order valence-corrected chi connectivity index (χ0v) is 15.9. The summed E-state index contributed by atoms with van der Waals surface area (Å²) >= 11 is 6.07. The Bertz CT molecular complexity index is 713. The maximum atomic E-state index is 11.7. The number of halogens is 1. The van der Waals surface area contributed by atoms with Gasteiger partial charge in [0.05, 0.1) is 18.8 Å². The van der Waals surface area contributed by atoms with Gasteiger partial charge in [0, 0.05) is 18.0 Å². The first-order valence-corrected chi connectivity index (χ1v) is 10.9. The smallest absolute Gasteiger partial charge is 0.341 e. The molecule has 24 heavy (non-hydrogen) atoms. The Kier molecular flexibility index (Phi) is 6.12. The number of aromatic nitrogens is 3. The zero-order valence-electron chi connectivity index (χ0n) is 14.3. The summed E-state index contributed by atoms with van der Waals surface area (Å²) in [6.45, 7) is 2.65. The molecule has 0 saturated heterocycles. The Morgan fingerprint density at radius 3 is 2.67 bits per heavy atom. The molecule has 0 aliphatic heterocycles. The predicted octanol–water partition coefficient (Wildman–Crippen LogP) is 3.17. The van der Waals surface area contributed by atoms with E-state index in [4.69, 9.17) is 21.1 Å². The van der Waals surface area contributed by atoms with Crippen molar-refractivity contribution in [1.29, 1.82) is 0 Å². The minimum absolute atomic E-state index is 0.0836. The lowest BCUT2D eigenvalue weighted by Gasteiger charge is -2.24. The molecule has 0 aliphatic rings. The standard InChI is InChI=1S/C16H22ClN3O3S/c1-5-22-16(21)12-6-7-13(18-15(12)17)20-9-8-14(19-20)23-10-11-24(2,3)4/h6-9H,5,10-11H2,1-4H3. The third kappa shape index (κ3) is 5.14. The first kappa shape index (κ1) is 18.6. The van der Waals surface area contributed by atoms with E-state index in [0.29, 0.717) is 18.3 Å². The van der Waals surface area contributed by atoms with Gasteiger partial charge in [-0.2, -0.15) is 0 Å². The molecular weight excluding hydrogens is 350 g/mol. The molecule has 0 aromatic carbocycles. The molecule has 8 heteroatoms. The molecule has 0 amide bonds. The van der Waals surface area contributed by atoms with Crippen molar-refractivity contribution < 1.29 is 14.3 Å². The van der Waals surface area contributed by atoms with Crippen LogP contribution >= 0.6 is 21.6 Å². The molecule has 2 aromatic heterocycles. The van der Waals surface area contributed by atoms with Gasteiger partial charge in [0.2, 0.25) is 5.88 Å².